The molecule has 26 heavy (non-hydrogen) atoms. The highest BCUT2D eigenvalue weighted by atomic mass is 16.5. The summed E-state index contributed by atoms with van der Waals surface area (Å²) >= 11 is 0. The van der Waals surface area contributed by atoms with Crippen LogP contribution in [-0.2, 0) is 0 Å². The number of benzene rings is 2. The molecular formula is C20H21N3O3. The topological polar surface area (TPSA) is 76.2 Å². The number of H-pyrrole nitrogens is 1. The number of ether oxygens (including phenoxy) is 2. The molecule has 0 bridgehead atoms. The van der Waals surface area contributed by atoms with Crippen molar-refractivity contribution in [3.63, 3.8) is 0 Å². The van der Waals surface area contributed by atoms with E-state index < -0.39 is 0 Å². The van der Waals surface area contributed by atoms with Gasteiger partial charge in [-0.1, -0.05) is 0 Å². The second-order valence-corrected chi connectivity index (χ2v) is 6.02. The van der Waals surface area contributed by atoms with Gasteiger partial charge >= 0.3 is 0 Å². The number of hydrogen-bond acceptors (Lipinski definition) is 5. The van der Waals surface area contributed by atoms with Crippen molar-refractivity contribution >= 4 is 11.6 Å². The largest absolute Gasteiger partial charge is 0.497 e. The van der Waals surface area contributed by atoms with Crippen LogP contribution in [0.1, 0.15) is 13.8 Å². The van der Waals surface area contributed by atoms with E-state index in [2.05, 4.69) is 15.3 Å². The molecule has 3 rings (SSSR count). The van der Waals surface area contributed by atoms with Crippen LogP contribution in [0, 0.1) is 0 Å². The molecule has 2 N–H and O–H groups in total. The van der Waals surface area contributed by atoms with Gasteiger partial charge in [0.05, 0.1) is 18.9 Å². The first kappa shape index (κ1) is 17.5. The van der Waals surface area contributed by atoms with Crippen LogP contribution in [-0.4, -0.2) is 23.2 Å². The number of nitrogens with zero attached hydrogens (tertiary/aromatic N) is 1. The quantitative estimate of drug-likeness (QED) is 0.702. The number of aromatic nitrogens is 2. The van der Waals surface area contributed by atoms with Gasteiger partial charge in [0.1, 0.15) is 11.5 Å². The van der Waals surface area contributed by atoms with Crippen molar-refractivity contribution in [1.29, 1.82) is 0 Å². The van der Waals surface area contributed by atoms with Crippen LogP contribution < -0.4 is 20.3 Å². The van der Waals surface area contributed by atoms with E-state index in [-0.39, 0.29) is 11.7 Å². The van der Waals surface area contributed by atoms with Gasteiger partial charge in [-0.3, -0.25) is 9.78 Å². The molecule has 134 valence electrons. The molecule has 6 nitrogen and oxygen atoms in total. The molecule has 0 amide bonds. The van der Waals surface area contributed by atoms with Crippen LogP contribution in [0.25, 0.3) is 11.3 Å². The lowest BCUT2D eigenvalue weighted by Crippen LogP contribution is -2.10. The van der Waals surface area contributed by atoms with E-state index in [1.54, 1.807) is 7.11 Å². The van der Waals surface area contributed by atoms with Gasteiger partial charge in [0.2, 0.25) is 5.95 Å². The van der Waals surface area contributed by atoms with Gasteiger partial charge in [0, 0.05) is 17.3 Å². The van der Waals surface area contributed by atoms with Gasteiger partial charge in [-0.05, 0) is 62.4 Å². The number of hydrogen-bond donors (Lipinski definition) is 2. The van der Waals surface area contributed by atoms with E-state index in [0.717, 1.165) is 22.7 Å². The molecule has 0 saturated carbocycles. The SMILES string of the molecule is COc1ccc(-c2cc(=O)[nH]c(Nc3ccc(OC(C)C)cc3)n2)cc1. The Kier molecular flexibility index (Phi) is 5.22. The molecule has 0 aliphatic heterocycles. The van der Waals surface area contributed by atoms with Gasteiger partial charge in [-0.15, -0.1) is 0 Å². The highest BCUT2D eigenvalue weighted by Gasteiger charge is 2.06. The Balaban J connectivity index is 1.82. The predicted molar refractivity (Wildman–Crippen MR) is 102 cm³/mol. The maximum absolute atomic E-state index is 12.0. The Labute approximate surface area is 151 Å². The minimum atomic E-state index is -0.229. The fourth-order valence-corrected chi connectivity index (χ4v) is 2.45. The first-order valence-corrected chi connectivity index (χ1v) is 8.33. The van der Waals surface area contributed by atoms with Gasteiger partial charge in [-0.25, -0.2) is 4.98 Å². The molecule has 1 aromatic heterocycles. The summed E-state index contributed by atoms with van der Waals surface area (Å²) in [4.78, 5) is 19.2. The van der Waals surface area contributed by atoms with E-state index in [0.29, 0.717) is 11.6 Å². The van der Waals surface area contributed by atoms with E-state index in [1.807, 2.05) is 62.4 Å². The second-order valence-electron chi connectivity index (χ2n) is 6.02. The summed E-state index contributed by atoms with van der Waals surface area (Å²) in [6, 6.07) is 16.3. The highest BCUT2D eigenvalue weighted by molar-refractivity contribution is 5.62. The molecule has 3 aromatic rings. The summed E-state index contributed by atoms with van der Waals surface area (Å²) in [5, 5.41) is 3.11. The van der Waals surface area contributed by atoms with Crippen LogP contribution in [0.15, 0.2) is 59.4 Å². The van der Waals surface area contributed by atoms with Crippen molar-refractivity contribution in [1.82, 2.24) is 9.97 Å². The fourth-order valence-electron chi connectivity index (χ4n) is 2.45. The lowest BCUT2D eigenvalue weighted by Gasteiger charge is -2.11. The van der Waals surface area contributed by atoms with Gasteiger partial charge in [0.15, 0.2) is 0 Å². The van der Waals surface area contributed by atoms with E-state index in [1.165, 1.54) is 6.07 Å². The maximum Gasteiger partial charge on any atom is 0.252 e. The van der Waals surface area contributed by atoms with E-state index >= 15 is 0 Å². The summed E-state index contributed by atoms with van der Waals surface area (Å²) in [5.74, 6) is 1.92. The number of methoxy groups -OCH3 is 1. The van der Waals surface area contributed by atoms with Gasteiger partial charge in [0.25, 0.3) is 5.56 Å². The average Bonchev–Trinajstić information content (AvgIpc) is 2.62. The predicted octanol–water partition coefficient (Wildman–Crippen LogP) is 3.98. The molecule has 0 spiro atoms. The third kappa shape index (κ3) is 4.42. The van der Waals surface area contributed by atoms with Crippen molar-refractivity contribution in [2.45, 2.75) is 20.0 Å². The number of aromatic amines is 1. The summed E-state index contributed by atoms with van der Waals surface area (Å²) in [6.07, 6.45) is 0.119. The molecule has 0 aliphatic carbocycles. The molecule has 0 saturated heterocycles. The summed E-state index contributed by atoms with van der Waals surface area (Å²) in [5.41, 5.74) is 1.99. The van der Waals surface area contributed by atoms with Gasteiger partial charge in [-0.2, -0.15) is 0 Å². The molecule has 0 fully saturated rings. The molecule has 1 heterocycles. The molecule has 0 atom stereocenters. The first-order chi connectivity index (χ1) is 12.5. The number of rotatable bonds is 6. The Hall–Kier alpha value is -3.28. The van der Waals surface area contributed by atoms with Crippen LogP contribution in [0.2, 0.25) is 0 Å². The highest BCUT2D eigenvalue weighted by Crippen LogP contribution is 2.22. The summed E-state index contributed by atoms with van der Waals surface area (Å²) in [7, 11) is 1.61. The van der Waals surface area contributed by atoms with Crippen LogP contribution >= 0.6 is 0 Å². The number of nitrogens with one attached hydrogen (secondary N) is 2. The van der Waals surface area contributed by atoms with Crippen molar-refractivity contribution in [3.8, 4) is 22.8 Å². The minimum Gasteiger partial charge on any atom is -0.497 e. The zero-order chi connectivity index (χ0) is 18.5. The lowest BCUT2D eigenvalue weighted by atomic mass is 10.1. The molecule has 6 heteroatoms. The van der Waals surface area contributed by atoms with Crippen molar-refractivity contribution in [3.05, 3.63) is 65.0 Å². The molecule has 0 radical (unpaired) electrons. The van der Waals surface area contributed by atoms with Crippen molar-refractivity contribution in [2.75, 3.05) is 12.4 Å². The van der Waals surface area contributed by atoms with Crippen molar-refractivity contribution < 1.29 is 9.47 Å². The number of anilines is 2. The van der Waals surface area contributed by atoms with Crippen LogP contribution in [0.4, 0.5) is 11.6 Å². The summed E-state index contributed by atoms with van der Waals surface area (Å²) < 4.78 is 10.8. The standard InChI is InChI=1S/C20H21N3O3/c1-13(2)26-17-10-6-15(7-11-17)21-20-22-18(12-19(24)23-20)14-4-8-16(25-3)9-5-14/h4-13H,1-3H3,(H2,21,22,23,24). The minimum absolute atomic E-state index is 0.119. The summed E-state index contributed by atoms with van der Waals surface area (Å²) in [6.45, 7) is 3.96. The lowest BCUT2D eigenvalue weighted by molar-refractivity contribution is 0.242. The average molecular weight is 351 g/mol. The Morgan fingerprint density at radius 1 is 1.00 bits per heavy atom. The molecular weight excluding hydrogens is 330 g/mol. The maximum atomic E-state index is 12.0. The third-order valence-electron chi connectivity index (χ3n) is 3.62. The Morgan fingerprint density at radius 3 is 2.27 bits per heavy atom. The van der Waals surface area contributed by atoms with Crippen molar-refractivity contribution in [2.24, 2.45) is 0 Å². The zero-order valence-corrected chi connectivity index (χ0v) is 14.9. The monoisotopic (exact) mass is 351 g/mol. The molecule has 2 aromatic carbocycles. The third-order valence-corrected chi connectivity index (χ3v) is 3.62. The smallest absolute Gasteiger partial charge is 0.252 e. The first-order valence-electron chi connectivity index (χ1n) is 8.33. The van der Waals surface area contributed by atoms with E-state index in [4.69, 9.17) is 9.47 Å². The zero-order valence-electron chi connectivity index (χ0n) is 14.9. The van der Waals surface area contributed by atoms with E-state index in [9.17, 15) is 4.79 Å². The Bertz CT molecular complexity index is 916. The van der Waals surface area contributed by atoms with Crippen LogP contribution in [0.3, 0.4) is 0 Å². The second kappa shape index (κ2) is 7.74. The fraction of sp³-hybridized carbons (Fsp3) is 0.200. The Morgan fingerprint density at radius 2 is 1.65 bits per heavy atom. The molecule has 0 unspecified atom stereocenters. The van der Waals surface area contributed by atoms with Gasteiger partial charge < -0.3 is 14.8 Å². The molecule has 0 aliphatic rings. The normalized spacial score (nSPS) is 10.6. The van der Waals surface area contributed by atoms with Crippen LogP contribution in [0.5, 0.6) is 11.5 Å².